The van der Waals surface area contributed by atoms with Crippen LogP contribution in [0.3, 0.4) is 0 Å². The Balaban J connectivity index is 2.21. The molecule has 0 aliphatic rings. The van der Waals surface area contributed by atoms with E-state index in [4.69, 9.17) is 4.42 Å². The highest BCUT2D eigenvalue weighted by Crippen LogP contribution is 2.24. The van der Waals surface area contributed by atoms with Crippen molar-refractivity contribution in [2.75, 3.05) is 0 Å². The van der Waals surface area contributed by atoms with E-state index in [9.17, 15) is 5.11 Å². The van der Waals surface area contributed by atoms with Crippen molar-refractivity contribution in [1.82, 2.24) is 9.55 Å². The Morgan fingerprint density at radius 1 is 1.56 bits per heavy atom. The van der Waals surface area contributed by atoms with Crippen LogP contribution in [-0.4, -0.2) is 14.7 Å². The number of hydrogen-bond acceptors (Lipinski definition) is 3. The third kappa shape index (κ3) is 2.02. The SMILES string of the molecule is CCn1ccnc1CC(C)(O)c1ccoc1. The predicted molar refractivity (Wildman–Crippen MR) is 59.9 cm³/mol. The van der Waals surface area contributed by atoms with Gasteiger partial charge in [0, 0.05) is 30.9 Å². The van der Waals surface area contributed by atoms with Gasteiger partial charge in [-0.25, -0.2) is 4.98 Å². The van der Waals surface area contributed by atoms with Gasteiger partial charge in [0.2, 0.25) is 0 Å². The Labute approximate surface area is 94.5 Å². The zero-order valence-electron chi connectivity index (χ0n) is 9.55. The molecule has 0 amide bonds. The summed E-state index contributed by atoms with van der Waals surface area (Å²) < 4.78 is 7.01. The number of furan rings is 1. The number of aromatic nitrogens is 2. The van der Waals surface area contributed by atoms with E-state index >= 15 is 0 Å². The number of rotatable bonds is 4. The molecular formula is C12H16N2O2. The molecule has 2 heterocycles. The first kappa shape index (κ1) is 11.0. The van der Waals surface area contributed by atoms with E-state index in [0.717, 1.165) is 17.9 Å². The lowest BCUT2D eigenvalue weighted by molar-refractivity contribution is 0.0540. The van der Waals surface area contributed by atoms with Gasteiger partial charge in [0.25, 0.3) is 0 Å². The summed E-state index contributed by atoms with van der Waals surface area (Å²) in [6, 6.07) is 1.78. The second kappa shape index (κ2) is 4.14. The van der Waals surface area contributed by atoms with Crippen molar-refractivity contribution in [3.63, 3.8) is 0 Å². The molecule has 0 spiro atoms. The van der Waals surface area contributed by atoms with Crippen molar-refractivity contribution in [3.05, 3.63) is 42.4 Å². The summed E-state index contributed by atoms with van der Waals surface area (Å²) in [5.41, 5.74) is -0.163. The van der Waals surface area contributed by atoms with Gasteiger partial charge in [-0.2, -0.15) is 0 Å². The maximum absolute atomic E-state index is 10.4. The molecule has 0 radical (unpaired) electrons. The molecule has 1 atom stereocenters. The summed E-state index contributed by atoms with van der Waals surface area (Å²) in [6.07, 6.45) is 7.29. The quantitative estimate of drug-likeness (QED) is 0.856. The topological polar surface area (TPSA) is 51.2 Å². The Morgan fingerprint density at radius 3 is 3.00 bits per heavy atom. The van der Waals surface area contributed by atoms with E-state index in [0.29, 0.717) is 6.42 Å². The zero-order chi connectivity index (χ0) is 11.6. The minimum absolute atomic E-state index is 0.480. The molecule has 16 heavy (non-hydrogen) atoms. The molecule has 4 heteroatoms. The van der Waals surface area contributed by atoms with Crippen molar-refractivity contribution in [1.29, 1.82) is 0 Å². The normalized spacial score (nSPS) is 14.9. The highest BCUT2D eigenvalue weighted by Gasteiger charge is 2.26. The molecule has 0 aliphatic heterocycles. The molecule has 2 aromatic rings. The van der Waals surface area contributed by atoms with Gasteiger partial charge >= 0.3 is 0 Å². The standard InChI is InChI=1S/C12H16N2O2/c1-3-14-6-5-13-11(14)8-12(2,15)10-4-7-16-9-10/h4-7,9,15H,3,8H2,1-2H3. The van der Waals surface area contributed by atoms with Gasteiger partial charge in [-0.3, -0.25) is 0 Å². The molecule has 1 N–H and O–H groups in total. The van der Waals surface area contributed by atoms with Gasteiger partial charge < -0.3 is 14.1 Å². The molecule has 0 saturated heterocycles. The van der Waals surface area contributed by atoms with Gasteiger partial charge in [-0.15, -0.1) is 0 Å². The number of hydrogen-bond donors (Lipinski definition) is 1. The minimum Gasteiger partial charge on any atom is -0.472 e. The van der Waals surface area contributed by atoms with Gasteiger partial charge in [0.1, 0.15) is 5.82 Å². The molecule has 86 valence electrons. The largest absolute Gasteiger partial charge is 0.472 e. The van der Waals surface area contributed by atoms with E-state index in [2.05, 4.69) is 11.9 Å². The van der Waals surface area contributed by atoms with E-state index < -0.39 is 5.60 Å². The summed E-state index contributed by atoms with van der Waals surface area (Å²) in [6.45, 7) is 4.68. The van der Waals surface area contributed by atoms with Gasteiger partial charge in [0.15, 0.2) is 0 Å². The van der Waals surface area contributed by atoms with Crippen molar-refractivity contribution in [2.45, 2.75) is 32.4 Å². The Kier molecular flexibility index (Phi) is 2.83. The molecular weight excluding hydrogens is 204 g/mol. The summed E-state index contributed by atoms with van der Waals surface area (Å²) in [5, 5.41) is 10.4. The zero-order valence-corrected chi connectivity index (χ0v) is 9.55. The van der Waals surface area contributed by atoms with Crippen LogP contribution in [0.4, 0.5) is 0 Å². The highest BCUT2D eigenvalue weighted by atomic mass is 16.3. The maximum atomic E-state index is 10.4. The van der Waals surface area contributed by atoms with Crippen molar-refractivity contribution < 1.29 is 9.52 Å². The van der Waals surface area contributed by atoms with Crippen molar-refractivity contribution in [2.24, 2.45) is 0 Å². The van der Waals surface area contributed by atoms with Crippen molar-refractivity contribution >= 4 is 0 Å². The molecule has 2 rings (SSSR count). The molecule has 2 aromatic heterocycles. The lowest BCUT2D eigenvalue weighted by Gasteiger charge is -2.21. The van der Waals surface area contributed by atoms with Crippen LogP contribution < -0.4 is 0 Å². The lowest BCUT2D eigenvalue weighted by Crippen LogP contribution is -2.25. The number of aliphatic hydroxyl groups is 1. The van der Waals surface area contributed by atoms with Crippen LogP contribution in [0.5, 0.6) is 0 Å². The molecule has 4 nitrogen and oxygen atoms in total. The van der Waals surface area contributed by atoms with Gasteiger partial charge in [-0.05, 0) is 19.9 Å². The number of nitrogens with zero attached hydrogens (tertiary/aromatic N) is 2. The third-order valence-electron chi connectivity index (χ3n) is 2.79. The van der Waals surface area contributed by atoms with Crippen molar-refractivity contribution in [3.8, 4) is 0 Å². The van der Waals surface area contributed by atoms with E-state index in [1.165, 1.54) is 0 Å². The van der Waals surface area contributed by atoms with E-state index in [1.807, 2.05) is 10.8 Å². The predicted octanol–water partition coefficient (Wildman–Crippen LogP) is 1.95. The monoisotopic (exact) mass is 220 g/mol. The van der Waals surface area contributed by atoms with Crippen LogP contribution in [0.15, 0.2) is 35.4 Å². The average Bonchev–Trinajstić information content (AvgIpc) is 2.86. The fraction of sp³-hybridized carbons (Fsp3) is 0.417. The Morgan fingerprint density at radius 2 is 2.38 bits per heavy atom. The van der Waals surface area contributed by atoms with E-state index in [-0.39, 0.29) is 0 Å². The number of imidazole rings is 1. The lowest BCUT2D eigenvalue weighted by atomic mass is 9.95. The van der Waals surface area contributed by atoms with Crippen LogP contribution in [-0.2, 0) is 18.6 Å². The summed E-state index contributed by atoms with van der Waals surface area (Å²) in [5.74, 6) is 0.883. The fourth-order valence-corrected chi connectivity index (χ4v) is 1.78. The summed E-state index contributed by atoms with van der Waals surface area (Å²) in [7, 11) is 0. The molecule has 0 aromatic carbocycles. The number of aryl methyl sites for hydroxylation is 1. The maximum Gasteiger partial charge on any atom is 0.111 e. The second-order valence-electron chi connectivity index (χ2n) is 4.09. The van der Waals surface area contributed by atoms with Crippen LogP contribution >= 0.6 is 0 Å². The highest BCUT2D eigenvalue weighted by molar-refractivity contribution is 5.17. The first-order valence-corrected chi connectivity index (χ1v) is 5.38. The second-order valence-corrected chi connectivity index (χ2v) is 4.09. The van der Waals surface area contributed by atoms with Gasteiger partial charge in [0.05, 0.1) is 18.1 Å². The molecule has 0 aliphatic carbocycles. The average molecular weight is 220 g/mol. The summed E-state index contributed by atoms with van der Waals surface area (Å²) >= 11 is 0. The Hall–Kier alpha value is -1.55. The fourth-order valence-electron chi connectivity index (χ4n) is 1.78. The van der Waals surface area contributed by atoms with Crippen LogP contribution in [0.1, 0.15) is 25.2 Å². The Bertz CT molecular complexity index is 443. The molecule has 0 bridgehead atoms. The smallest absolute Gasteiger partial charge is 0.111 e. The van der Waals surface area contributed by atoms with Crippen LogP contribution in [0, 0.1) is 0 Å². The summed E-state index contributed by atoms with van der Waals surface area (Å²) in [4.78, 5) is 4.25. The van der Waals surface area contributed by atoms with E-state index in [1.54, 1.807) is 31.7 Å². The molecule has 0 saturated carbocycles. The van der Waals surface area contributed by atoms with Gasteiger partial charge in [-0.1, -0.05) is 0 Å². The molecule has 1 unspecified atom stereocenters. The first-order valence-electron chi connectivity index (χ1n) is 5.38. The molecule has 0 fully saturated rings. The van der Waals surface area contributed by atoms with Crippen LogP contribution in [0.25, 0.3) is 0 Å². The third-order valence-corrected chi connectivity index (χ3v) is 2.79. The minimum atomic E-state index is -0.939. The van der Waals surface area contributed by atoms with Crippen LogP contribution in [0.2, 0.25) is 0 Å². The first-order chi connectivity index (χ1) is 7.63.